The third kappa shape index (κ3) is 0.652. The Hall–Kier alpha value is -0.0500. The lowest BCUT2D eigenvalue weighted by atomic mass is 10.2. The van der Waals surface area contributed by atoms with Crippen LogP contribution in [-0.2, 0) is 4.79 Å². The molecule has 0 aromatic rings. The van der Waals surface area contributed by atoms with Crippen molar-refractivity contribution in [1.82, 2.24) is 0 Å². The highest BCUT2D eigenvalue weighted by Gasteiger charge is 2.55. The van der Waals surface area contributed by atoms with Gasteiger partial charge in [0.1, 0.15) is 0 Å². The van der Waals surface area contributed by atoms with Crippen molar-refractivity contribution in [2.75, 3.05) is 0 Å². The molecule has 8 heavy (non-hydrogen) atoms. The first-order valence-corrected chi connectivity index (χ1v) is 3.36. The van der Waals surface area contributed by atoms with Crippen LogP contribution in [0.3, 0.4) is 0 Å². The molecule has 1 N–H and O–H groups in total. The van der Waals surface area contributed by atoms with Gasteiger partial charge in [-0.25, -0.2) is 0 Å². The van der Waals surface area contributed by atoms with Gasteiger partial charge in [-0.3, -0.25) is 4.79 Å². The summed E-state index contributed by atoms with van der Waals surface area (Å²) in [4.78, 5) is 10.5. The minimum atomic E-state index is -0.695. The number of hydrogen-bond donors (Lipinski definition) is 1. The molecule has 0 saturated heterocycles. The van der Waals surface area contributed by atoms with Gasteiger partial charge in [0, 0.05) is 4.83 Å². The van der Waals surface area contributed by atoms with E-state index in [-0.39, 0.29) is 4.83 Å². The standard InChI is InChI=1S/C5H7BrO2/c1-5(4(7)8)2-3(5)6/h3H,2H2,1H3,(H,7,8)/t3-,5-/m0/s1. The summed E-state index contributed by atoms with van der Waals surface area (Å²) in [6.45, 7) is 1.74. The molecule has 1 aliphatic rings. The van der Waals surface area contributed by atoms with Gasteiger partial charge in [-0.2, -0.15) is 0 Å². The van der Waals surface area contributed by atoms with E-state index in [1.54, 1.807) is 6.92 Å². The normalized spacial score (nSPS) is 44.0. The molecule has 2 atom stereocenters. The van der Waals surface area contributed by atoms with E-state index < -0.39 is 11.4 Å². The maximum atomic E-state index is 10.3. The molecule has 0 bridgehead atoms. The highest BCUT2D eigenvalue weighted by atomic mass is 79.9. The van der Waals surface area contributed by atoms with E-state index in [0.717, 1.165) is 6.42 Å². The van der Waals surface area contributed by atoms with E-state index in [2.05, 4.69) is 15.9 Å². The number of alkyl halides is 1. The molecule has 46 valence electrons. The van der Waals surface area contributed by atoms with E-state index in [1.807, 2.05) is 0 Å². The zero-order valence-electron chi connectivity index (χ0n) is 4.52. The molecule has 0 aromatic carbocycles. The summed E-state index contributed by atoms with van der Waals surface area (Å²) in [5.74, 6) is -0.695. The summed E-state index contributed by atoms with van der Waals surface area (Å²) in [6, 6.07) is 0. The van der Waals surface area contributed by atoms with Crippen LogP contribution in [0.4, 0.5) is 0 Å². The van der Waals surface area contributed by atoms with Crippen LogP contribution in [-0.4, -0.2) is 15.9 Å². The second-order valence-electron chi connectivity index (χ2n) is 2.39. The van der Waals surface area contributed by atoms with Crippen molar-refractivity contribution in [3.8, 4) is 0 Å². The molecule has 0 aromatic heterocycles. The lowest BCUT2D eigenvalue weighted by Crippen LogP contribution is -2.12. The van der Waals surface area contributed by atoms with E-state index >= 15 is 0 Å². The van der Waals surface area contributed by atoms with Crippen molar-refractivity contribution in [2.24, 2.45) is 5.41 Å². The van der Waals surface area contributed by atoms with Crippen LogP contribution in [0.1, 0.15) is 13.3 Å². The van der Waals surface area contributed by atoms with Gasteiger partial charge in [0.25, 0.3) is 0 Å². The molecular formula is C5H7BrO2. The van der Waals surface area contributed by atoms with Gasteiger partial charge in [0.05, 0.1) is 5.41 Å². The van der Waals surface area contributed by atoms with Crippen LogP contribution < -0.4 is 0 Å². The Morgan fingerprint density at radius 2 is 2.38 bits per heavy atom. The van der Waals surface area contributed by atoms with Crippen molar-refractivity contribution >= 4 is 21.9 Å². The van der Waals surface area contributed by atoms with Gasteiger partial charge >= 0.3 is 5.97 Å². The summed E-state index contributed by atoms with van der Waals surface area (Å²) >= 11 is 3.22. The highest BCUT2D eigenvalue weighted by molar-refractivity contribution is 9.09. The Bertz CT molecular complexity index is 134. The molecule has 0 amide bonds. The maximum Gasteiger partial charge on any atom is 0.310 e. The molecule has 3 heteroatoms. The molecule has 2 nitrogen and oxygen atoms in total. The van der Waals surface area contributed by atoms with Gasteiger partial charge in [0.2, 0.25) is 0 Å². The highest BCUT2D eigenvalue weighted by Crippen LogP contribution is 2.51. The zero-order chi connectivity index (χ0) is 6.36. The molecular weight excluding hydrogens is 172 g/mol. The van der Waals surface area contributed by atoms with Gasteiger partial charge in [0.15, 0.2) is 0 Å². The summed E-state index contributed by atoms with van der Waals surface area (Å²) in [5.41, 5.74) is -0.458. The van der Waals surface area contributed by atoms with Gasteiger partial charge < -0.3 is 5.11 Å². The molecule has 1 rings (SSSR count). The lowest BCUT2D eigenvalue weighted by molar-refractivity contribution is -0.142. The summed E-state index contributed by atoms with van der Waals surface area (Å²) < 4.78 is 0. The zero-order valence-corrected chi connectivity index (χ0v) is 6.10. The second-order valence-corrected chi connectivity index (χ2v) is 3.50. The lowest BCUT2D eigenvalue weighted by Gasteiger charge is -1.97. The summed E-state index contributed by atoms with van der Waals surface area (Å²) in [5, 5.41) is 8.45. The molecule has 0 unspecified atom stereocenters. The average Bonchev–Trinajstić information content (AvgIpc) is 2.17. The quantitative estimate of drug-likeness (QED) is 0.615. The Kier molecular flexibility index (Phi) is 1.11. The Labute approximate surface area is 56.0 Å². The van der Waals surface area contributed by atoms with E-state index in [4.69, 9.17) is 5.11 Å². The molecule has 1 aliphatic carbocycles. The summed E-state index contributed by atoms with van der Waals surface area (Å²) in [7, 11) is 0. The van der Waals surface area contributed by atoms with Crippen molar-refractivity contribution in [2.45, 2.75) is 18.2 Å². The van der Waals surface area contributed by atoms with Gasteiger partial charge in [-0.05, 0) is 13.3 Å². The first-order chi connectivity index (χ1) is 3.57. The first kappa shape index (κ1) is 6.08. The Morgan fingerprint density at radius 1 is 2.00 bits per heavy atom. The predicted molar refractivity (Wildman–Crippen MR) is 33.1 cm³/mol. The van der Waals surface area contributed by atoms with Crippen LogP contribution in [0.15, 0.2) is 0 Å². The van der Waals surface area contributed by atoms with Crippen LogP contribution in [0.25, 0.3) is 0 Å². The van der Waals surface area contributed by atoms with Crippen LogP contribution in [0.2, 0.25) is 0 Å². The van der Waals surface area contributed by atoms with Crippen molar-refractivity contribution < 1.29 is 9.90 Å². The minimum absolute atomic E-state index is 0.201. The van der Waals surface area contributed by atoms with Crippen molar-refractivity contribution in [1.29, 1.82) is 0 Å². The fourth-order valence-corrected chi connectivity index (χ4v) is 1.40. The van der Waals surface area contributed by atoms with Crippen molar-refractivity contribution in [3.63, 3.8) is 0 Å². The third-order valence-electron chi connectivity index (χ3n) is 1.62. The average molecular weight is 179 g/mol. The van der Waals surface area contributed by atoms with Crippen molar-refractivity contribution in [3.05, 3.63) is 0 Å². The number of carboxylic acids is 1. The van der Waals surface area contributed by atoms with Gasteiger partial charge in [-0.1, -0.05) is 15.9 Å². The Morgan fingerprint density at radius 3 is 2.38 bits per heavy atom. The molecule has 0 heterocycles. The fourth-order valence-electron chi connectivity index (χ4n) is 0.535. The van der Waals surface area contributed by atoms with Crippen LogP contribution in [0, 0.1) is 5.41 Å². The largest absolute Gasteiger partial charge is 0.481 e. The molecule has 0 spiro atoms. The minimum Gasteiger partial charge on any atom is -0.481 e. The number of hydrogen-bond acceptors (Lipinski definition) is 1. The fraction of sp³-hybridized carbons (Fsp3) is 0.800. The smallest absolute Gasteiger partial charge is 0.310 e. The predicted octanol–water partition coefficient (Wildman–Crippen LogP) is 1.24. The van der Waals surface area contributed by atoms with E-state index in [0.29, 0.717) is 0 Å². The van der Waals surface area contributed by atoms with Crippen LogP contribution in [0.5, 0.6) is 0 Å². The third-order valence-corrected chi connectivity index (χ3v) is 2.96. The molecule has 0 aliphatic heterocycles. The van der Waals surface area contributed by atoms with E-state index in [9.17, 15) is 4.79 Å². The number of aliphatic carboxylic acids is 1. The van der Waals surface area contributed by atoms with Crippen LogP contribution >= 0.6 is 15.9 Å². The number of carboxylic acid groups (broad SMARTS) is 1. The Balaban J connectivity index is 2.60. The SMILES string of the molecule is C[C@]1(C(=O)O)C[C@@H]1Br. The number of rotatable bonds is 1. The maximum absolute atomic E-state index is 10.3. The second kappa shape index (κ2) is 1.47. The van der Waals surface area contributed by atoms with Gasteiger partial charge in [-0.15, -0.1) is 0 Å². The molecule has 1 saturated carbocycles. The monoisotopic (exact) mass is 178 g/mol. The number of carbonyl (C=O) groups is 1. The summed E-state index contributed by atoms with van der Waals surface area (Å²) in [6.07, 6.45) is 0.766. The number of halogens is 1. The molecule has 0 radical (unpaired) electrons. The van der Waals surface area contributed by atoms with E-state index in [1.165, 1.54) is 0 Å². The topological polar surface area (TPSA) is 37.3 Å². The first-order valence-electron chi connectivity index (χ1n) is 2.45. The molecule has 1 fully saturated rings.